The van der Waals surface area contributed by atoms with Crippen molar-refractivity contribution in [1.29, 1.82) is 0 Å². The number of thiophene rings is 2. The van der Waals surface area contributed by atoms with Crippen LogP contribution >= 0.6 is 22.7 Å². The highest BCUT2D eigenvalue weighted by atomic mass is 32.1. The van der Waals surface area contributed by atoms with Crippen molar-refractivity contribution >= 4 is 45.6 Å². The fourth-order valence-electron chi connectivity index (χ4n) is 1.94. The van der Waals surface area contributed by atoms with Gasteiger partial charge in [-0.1, -0.05) is 6.07 Å². The van der Waals surface area contributed by atoms with Crippen LogP contribution in [0.25, 0.3) is 0 Å². The zero-order valence-corrected chi connectivity index (χ0v) is 14.5. The first-order valence-electron chi connectivity index (χ1n) is 6.74. The number of hydrogen-bond donors (Lipinski definition) is 2. The van der Waals surface area contributed by atoms with Gasteiger partial charge in [0.2, 0.25) is 5.91 Å². The average Bonchev–Trinajstić information content (AvgIpc) is 3.08. The number of imide groups is 1. The highest BCUT2D eigenvalue weighted by molar-refractivity contribution is 7.16. The van der Waals surface area contributed by atoms with Gasteiger partial charge in [0, 0.05) is 9.75 Å². The summed E-state index contributed by atoms with van der Waals surface area (Å²) < 4.78 is 4.43. The molecule has 2 N–H and O–H groups in total. The SMILES string of the molecule is COC(=O)NC(=O)c1c(NC(=O)Cc2cccs2)sc(C)c1C. The minimum absolute atomic E-state index is 0.208. The van der Waals surface area contributed by atoms with E-state index < -0.39 is 12.0 Å². The van der Waals surface area contributed by atoms with E-state index in [4.69, 9.17) is 0 Å². The third kappa shape index (κ3) is 4.17. The second kappa shape index (κ2) is 7.38. The quantitative estimate of drug-likeness (QED) is 0.885. The Morgan fingerprint density at radius 1 is 1.26 bits per heavy atom. The van der Waals surface area contributed by atoms with E-state index in [2.05, 4.69) is 15.4 Å². The number of aryl methyl sites for hydroxylation is 1. The molecule has 6 nitrogen and oxygen atoms in total. The maximum Gasteiger partial charge on any atom is 0.413 e. The van der Waals surface area contributed by atoms with E-state index >= 15 is 0 Å². The molecule has 0 saturated heterocycles. The molecule has 2 aromatic heterocycles. The highest BCUT2D eigenvalue weighted by Crippen LogP contribution is 2.32. The van der Waals surface area contributed by atoms with Crippen molar-refractivity contribution in [3.63, 3.8) is 0 Å². The van der Waals surface area contributed by atoms with Crippen molar-refractivity contribution in [3.8, 4) is 0 Å². The molecule has 3 amide bonds. The van der Waals surface area contributed by atoms with E-state index in [1.165, 1.54) is 29.8 Å². The minimum atomic E-state index is -0.839. The largest absolute Gasteiger partial charge is 0.453 e. The number of hydrogen-bond acceptors (Lipinski definition) is 6. The first-order chi connectivity index (χ1) is 10.9. The van der Waals surface area contributed by atoms with Gasteiger partial charge in [-0.25, -0.2) is 4.79 Å². The lowest BCUT2D eigenvalue weighted by Gasteiger charge is -2.07. The van der Waals surface area contributed by atoms with E-state index in [1.807, 2.05) is 24.4 Å². The number of amides is 3. The lowest BCUT2D eigenvalue weighted by atomic mass is 10.1. The molecule has 0 aromatic carbocycles. The predicted octanol–water partition coefficient (Wildman–Crippen LogP) is 3.10. The highest BCUT2D eigenvalue weighted by Gasteiger charge is 2.22. The first kappa shape index (κ1) is 17.2. The molecule has 0 aliphatic rings. The van der Waals surface area contributed by atoms with Gasteiger partial charge < -0.3 is 10.1 Å². The molecule has 0 aliphatic carbocycles. The van der Waals surface area contributed by atoms with Crippen LogP contribution in [0.2, 0.25) is 0 Å². The number of methoxy groups -OCH3 is 1. The Morgan fingerprint density at radius 3 is 2.61 bits per heavy atom. The predicted molar refractivity (Wildman–Crippen MR) is 90.3 cm³/mol. The third-order valence-electron chi connectivity index (χ3n) is 3.18. The monoisotopic (exact) mass is 352 g/mol. The number of ether oxygens (including phenoxy) is 1. The molecule has 0 aliphatic heterocycles. The molecular weight excluding hydrogens is 336 g/mol. The zero-order chi connectivity index (χ0) is 17.0. The maximum absolute atomic E-state index is 12.2. The second-order valence-electron chi connectivity index (χ2n) is 4.74. The summed E-state index contributed by atoms with van der Waals surface area (Å²) in [6, 6.07) is 3.75. The van der Waals surface area contributed by atoms with Gasteiger partial charge in [-0.2, -0.15) is 0 Å². The molecule has 0 unspecified atom stereocenters. The van der Waals surface area contributed by atoms with E-state index in [-0.39, 0.29) is 17.9 Å². The summed E-state index contributed by atoms with van der Waals surface area (Å²) in [5.74, 6) is -0.800. The van der Waals surface area contributed by atoms with Gasteiger partial charge in [0.1, 0.15) is 5.00 Å². The van der Waals surface area contributed by atoms with E-state index in [9.17, 15) is 14.4 Å². The fraction of sp³-hybridized carbons (Fsp3) is 0.267. The Balaban J connectivity index is 2.18. The Labute approximate surface area is 141 Å². The molecule has 0 bridgehead atoms. The molecular formula is C15H16N2O4S2. The molecule has 2 aromatic rings. The van der Waals surface area contributed by atoms with Crippen molar-refractivity contribution in [2.45, 2.75) is 20.3 Å². The van der Waals surface area contributed by atoms with Crippen LogP contribution < -0.4 is 10.6 Å². The van der Waals surface area contributed by atoms with Gasteiger partial charge >= 0.3 is 6.09 Å². The lowest BCUT2D eigenvalue weighted by molar-refractivity contribution is -0.115. The first-order valence-corrected chi connectivity index (χ1v) is 8.43. The van der Waals surface area contributed by atoms with Gasteiger partial charge in [-0.15, -0.1) is 22.7 Å². The molecule has 0 atom stereocenters. The summed E-state index contributed by atoms with van der Waals surface area (Å²) in [4.78, 5) is 37.4. The zero-order valence-electron chi connectivity index (χ0n) is 12.9. The van der Waals surface area contributed by atoms with Crippen LogP contribution in [0, 0.1) is 13.8 Å². The normalized spacial score (nSPS) is 10.2. The topological polar surface area (TPSA) is 84.5 Å². The number of alkyl carbamates (subject to hydrolysis) is 1. The number of rotatable bonds is 4. The Kier molecular flexibility index (Phi) is 5.51. The maximum atomic E-state index is 12.2. The molecule has 0 spiro atoms. The minimum Gasteiger partial charge on any atom is -0.453 e. The third-order valence-corrected chi connectivity index (χ3v) is 5.18. The van der Waals surface area contributed by atoms with E-state index in [1.54, 1.807) is 6.92 Å². The van der Waals surface area contributed by atoms with Crippen molar-refractivity contribution in [2.75, 3.05) is 12.4 Å². The van der Waals surface area contributed by atoms with Gasteiger partial charge in [0.15, 0.2) is 0 Å². The average molecular weight is 352 g/mol. The van der Waals surface area contributed by atoms with E-state index in [0.717, 1.165) is 15.3 Å². The number of nitrogens with one attached hydrogen (secondary N) is 2. The Hall–Kier alpha value is -2.19. The standard InChI is InChI=1S/C15H16N2O4S2/c1-8-9(2)23-14(12(8)13(19)17-15(20)21-3)16-11(18)7-10-5-4-6-22-10/h4-6H,7H2,1-3H3,(H,16,18)(H,17,19,20). The number of anilines is 1. The lowest BCUT2D eigenvalue weighted by Crippen LogP contribution is -2.31. The van der Waals surface area contributed by atoms with Crippen molar-refractivity contribution in [1.82, 2.24) is 5.32 Å². The van der Waals surface area contributed by atoms with Crippen LogP contribution in [0.1, 0.15) is 25.7 Å². The molecule has 0 radical (unpaired) electrons. The van der Waals surface area contributed by atoms with Crippen molar-refractivity contribution < 1.29 is 19.1 Å². The van der Waals surface area contributed by atoms with Crippen LogP contribution in [0.3, 0.4) is 0 Å². The van der Waals surface area contributed by atoms with Crippen LogP contribution in [-0.4, -0.2) is 25.0 Å². The fourth-order valence-corrected chi connectivity index (χ4v) is 3.71. The summed E-state index contributed by atoms with van der Waals surface area (Å²) in [6.45, 7) is 3.62. The summed E-state index contributed by atoms with van der Waals surface area (Å²) in [5.41, 5.74) is 1.01. The van der Waals surface area contributed by atoms with Gasteiger partial charge in [0.05, 0.1) is 19.1 Å². The molecule has 122 valence electrons. The van der Waals surface area contributed by atoms with Crippen LogP contribution in [-0.2, 0) is 16.0 Å². The molecule has 2 heterocycles. The Morgan fingerprint density at radius 2 is 2.00 bits per heavy atom. The van der Waals surface area contributed by atoms with E-state index in [0.29, 0.717) is 5.00 Å². The van der Waals surface area contributed by atoms with Gasteiger partial charge in [-0.3, -0.25) is 14.9 Å². The summed E-state index contributed by atoms with van der Waals surface area (Å²) in [6.07, 6.45) is -0.597. The molecule has 23 heavy (non-hydrogen) atoms. The van der Waals surface area contributed by atoms with Crippen molar-refractivity contribution in [2.24, 2.45) is 0 Å². The summed E-state index contributed by atoms with van der Waals surface area (Å²) in [7, 11) is 1.18. The molecule has 0 fully saturated rings. The van der Waals surface area contributed by atoms with Crippen LogP contribution in [0.4, 0.5) is 9.80 Å². The number of carbonyl (C=O) groups is 3. The van der Waals surface area contributed by atoms with Crippen molar-refractivity contribution in [3.05, 3.63) is 38.4 Å². The molecule has 2 rings (SSSR count). The smallest absolute Gasteiger partial charge is 0.413 e. The van der Waals surface area contributed by atoms with Gasteiger partial charge in [-0.05, 0) is 30.9 Å². The summed E-state index contributed by atoms with van der Waals surface area (Å²) >= 11 is 2.80. The van der Waals surface area contributed by atoms with Crippen LogP contribution in [0.15, 0.2) is 17.5 Å². The number of carbonyl (C=O) groups excluding carboxylic acids is 3. The molecule has 0 saturated carbocycles. The second-order valence-corrected chi connectivity index (χ2v) is 6.99. The molecule has 8 heteroatoms. The summed E-state index contributed by atoms with van der Waals surface area (Å²) in [5, 5.41) is 7.21. The van der Waals surface area contributed by atoms with Crippen LogP contribution in [0.5, 0.6) is 0 Å². The Bertz CT molecular complexity index is 735. The van der Waals surface area contributed by atoms with Gasteiger partial charge in [0.25, 0.3) is 5.91 Å².